The van der Waals surface area contributed by atoms with Crippen molar-refractivity contribution in [2.75, 3.05) is 5.75 Å². The van der Waals surface area contributed by atoms with Crippen molar-refractivity contribution in [3.8, 4) is 0 Å². The number of aromatic nitrogens is 1. The summed E-state index contributed by atoms with van der Waals surface area (Å²) in [7, 11) is 0. The molecule has 0 aromatic carbocycles. The standard InChI is InChI=1S/C21H35NS/c1-11(2)18-10-23-17(9)13(5)14(6)19-15(7)16(8)22-21(12(3)4)20(18)19/h11-14,17-18H,10H2,1-9H3/t13-,14+,17-,18?/m0/s1. The van der Waals surface area contributed by atoms with Crippen molar-refractivity contribution < 1.29 is 0 Å². The molecule has 0 saturated carbocycles. The highest BCUT2D eigenvalue weighted by Crippen LogP contribution is 2.46. The smallest absolute Gasteiger partial charge is 0.0470 e. The summed E-state index contributed by atoms with van der Waals surface area (Å²) in [6, 6.07) is 0. The van der Waals surface area contributed by atoms with E-state index in [-0.39, 0.29) is 0 Å². The average molecular weight is 334 g/mol. The molecule has 1 aromatic heterocycles. The normalized spacial score (nSPS) is 28.7. The number of fused-ring (bicyclic) bond motifs is 1. The van der Waals surface area contributed by atoms with Gasteiger partial charge in [-0.3, -0.25) is 4.98 Å². The first-order valence-electron chi connectivity index (χ1n) is 9.29. The third kappa shape index (κ3) is 3.48. The predicted octanol–water partition coefficient (Wildman–Crippen LogP) is 6.44. The molecule has 0 spiro atoms. The van der Waals surface area contributed by atoms with Crippen LogP contribution in [0.5, 0.6) is 0 Å². The summed E-state index contributed by atoms with van der Waals surface area (Å²) in [5.74, 6) is 4.31. The first kappa shape index (κ1) is 18.8. The second-order valence-corrected chi connectivity index (χ2v) is 9.64. The highest BCUT2D eigenvalue weighted by Gasteiger charge is 2.34. The van der Waals surface area contributed by atoms with E-state index in [0.29, 0.717) is 29.6 Å². The van der Waals surface area contributed by atoms with E-state index in [9.17, 15) is 0 Å². The van der Waals surface area contributed by atoms with Gasteiger partial charge in [-0.25, -0.2) is 0 Å². The van der Waals surface area contributed by atoms with Crippen LogP contribution in [0.25, 0.3) is 0 Å². The molecule has 1 aliphatic heterocycles. The summed E-state index contributed by atoms with van der Waals surface area (Å²) in [5, 5.41) is 0.717. The Bertz CT molecular complexity index is 561. The van der Waals surface area contributed by atoms with Gasteiger partial charge in [0.2, 0.25) is 0 Å². The number of nitrogens with zero attached hydrogens (tertiary/aromatic N) is 1. The average Bonchev–Trinajstić information content (AvgIpc) is 2.47. The summed E-state index contributed by atoms with van der Waals surface area (Å²) in [6.07, 6.45) is 0. The molecule has 23 heavy (non-hydrogen) atoms. The molecule has 1 aliphatic rings. The van der Waals surface area contributed by atoms with Crippen LogP contribution in [-0.2, 0) is 0 Å². The van der Waals surface area contributed by atoms with Gasteiger partial charge in [0.1, 0.15) is 0 Å². The Hall–Kier alpha value is -0.500. The lowest BCUT2D eigenvalue weighted by atomic mass is 9.75. The lowest BCUT2D eigenvalue weighted by Crippen LogP contribution is -2.28. The van der Waals surface area contributed by atoms with Crippen LogP contribution in [0.2, 0.25) is 0 Å². The number of aryl methyl sites for hydroxylation is 1. The molecule has 130 valence electrons. The van der Waals surface area contributed by atoms with Crippen molar-refractivity contribution in [1.82, 2.24) is 4.98 Å². The summed E-state index contributed by atoms with van der Waals surface area (Å²) in [4.78, 5) is 5.06. The van der Waals surface area contributed by atoms with Crippen molar-refractivity contribution in [3.63, 3.8) is 0 Å². The van der Waals surface area contributed by atoms with Gasteiger partial charge in [-0.2, -0.15) is 11.8 Å². The largest absolute Gasteiger partial charge is 0.257 e. The highest BCUT2D eigenvalue weighted by atomic mass is 32.2. The highest BCUT2D eigenvalue weighted by molar-refractivity contribution is 7.99. The SMILES string of the molecule is Cc1nc(C(C)C)c2c(c1C)[C@H](C)[C@H](C)[C@H](C)SCC2C(C)C. The quantitative estimate of drug-likeness (QED) is 0.618. The minimum Gasteiger partial charge on any atom is -0.257 e. The second kappa shape index (κ2) is 7.17. The van der Waals surface area contributed by atoms with Gasteiger partial charge in [0, 0.05) is 22.4 Å². The summed E-state index contributed by atoms with van der Waals surface area (Å²) in [5.41, 5.74) is 7.25. The number of rotatable bonds is 2. The fourth-order valence-corrected chi connectivity index (χ4v) is 5.56. The monoisotopic (exact) mass is 333 g/mol. The van der Waals surface area contributed by atoms with Crippen LogP contribution in [0, 0.1) is 25.7 Å². The van der Waals surface area contributed by atoms with Gasteiger partial charge < -0.3 is 0 Å². The topological polar surface area (TPSA) is 12.9 Å². The third-order valence-electron chi connectivity index (χ3n) is 6.05. The van der Waals surface area contributed by atoms with Crippen LogP contribution in [0.15, 0.2) is 0 Å². The van der Waals surface area contributed by atoms with Crippen molar-refractivity contribution in [2.45, 2.75) is 85.3 Å². The molecule has 2 heteroatoms. The van der Waals surface area contributed by atoms with Gasteiger partial charge >= 0.3 is 0 Å². The van der Waals surface area contributed by atoms with Crippen LogP contribution in [-0.4, -0.2) is 16.0 Å². The van der Waals surface area contributed by atoms with Crippen molar-refractivity contribution in [2.24, 2.45) is 11.8 Å². The molecule has 4 atom stereocenters. The van der Waals surface area contributed by atoms with Crippen LogP contribution >= 0.6 is 11.8 Å². The van der Waals surface area contributed by atoms with E-state index in [1.165, 1.54) is 22.7 Å². The molecule has 0 saturated heterocycles. The Balaban J connectivity index is 2.80. The van der Waals surface area contributed by atoms with Crippen molar-refractivity contribution >= 4 is 11.8 Å². The van der Waals surface area contributed by atoms with Gasteiger partial charge in [-0.15, -0.1) is 0 Å². The van der Waals surface area contributed by atoms with Gasteiger partial charge in [-0.05, 0) is 60.1 Å². The molecule has 1 nitrogen and oxygen atoms in total. The molecule has 0 aliphatic carbocycles. The lowest BCUT2D eigenvalue weighted by molar-refractivity contribution is 0.453. The molecule has 0 bridgehead atoms. The van der Waals surface area contributed by atoms with Gasteiger partial charge in [0.05, 0.1) is 0 Å². The zero-order chi connectivity index (χ0) is 17.5. The van der Waals surface area contributed by atoms with Crippen LogP contribution < -0.4 is 0 Å². The van der Waals surface area contributed by atoms with Crippen LogP contribution in [0.3, 0.4) is 0 Å². The van der Waals surface area contributed by atoms with Crippen molar-refractivity contribution in [3.05, 3.63) is 28.1 Å². The van der Waals surface area contributed by atoms with Crippen LogP contribution in [0.4, 0.5) is 0 Å². The van der Waals surface area contributed by atoms with E-state index in [0.717, 1.165) is 5.25 Å². The van der Waals surface area contributed by atoms with Gasteiger partial charge in [-0.1, -0.05) is 48.5 Å². The first-order valence-corrected chi connectivity index (χ1v) is 10.3. The maximum absolute atomic E-state index is 5.06. The van der Waals surface area contributed by atoms with Gasteiger partial charge in [0.25, 0.3) is 0 Å². The van der Waals surface area contributed by atoms with E-state index in [2.05, 4.69) is 74.1 Å². The Kier molecular flexibility index (Phi) is 5.87. The Morgan fingerprint density at radius 3 is 2.13 bits per heavy atom. The number of thioether (sulfide) groups is 1. The molecule has 2 heterocycles. The van der Waals surface area contributed by atoms with Crippen LogP contribution in [0.1, 0.15) is 94.3 Å². The minimum absolute atomic E-state index is 0.494. The summed E-state index contributed by atoms with van der Waals surface area (Å²) >= 11 is 2.17. The Labute approximate surface area is 148 Å². The summed E-state index contributed by atoms with van der Waals surface area (Å²) in [6.45, 7) is 21.2. The Morgan fingerprint density at radius 1 is 1.00 bits per heavy atom. The van der Waals surface area contributed by atoms with E-state index >= 15 is 0 Å². The third-order valence-corrected chi connectivity index (χ3v) is 7.55. The molecule has 0 radical (unpaired) electrons. The maximum Gasteiger partial charge on any atom is 0.0470 e. The molecule has 0 amide bonds. The maximum atomic E-state index is 5.06. The fourth-order valence-electron chi connectivity index (χ4n) is 3.96. The molecule has 0 N–H and O–H groups in total. The lowest BCUT2D eigenvalue weighted by Gasteiger charge is -2.38. The minimum atomic E-state index is 0.494. The number of hydrogen-bond donors (Lipinski definition) is 0. The van der Waals surface area contributed by atoms with E-state index < -0.39 is 0 Å². The van der Waals surface area contributed by atoms with E-state index in [4.69, 9.17) is 4.98 Å². The molecule has 1 aromatic rings. The zero-order valence-electron chi connectivity index (χ0n) is 16.5. The number of pyridine rings is 1. The zero-order valence-corrected chi connectivity index (χ0v) is 17.3. The fraction of sp³-hybridized carbons (Fsp3) is 0.762. The van der Waals surface area contributed by atoms with Gasteiger partial charge in [0.15, 0.2) is 0 Å². The molecule has 1 unspecified atom stereocenters. The van der Waals surface area contributed by atoms with E-state index in [1.54, 1.807) is 11.1 Å². The van der Waals surface area contributed by atoms with E-state index in [1.807, 2.05) is 0 Å². The second-order valence-electron chi connectivity index (χ2n) is 8.23. The molecular formula is C21H35NS. The number of hydrogen-bond acceptors (Lipinski definition) is 2. The molecule has 0 fully saturated rings. The first-order chi connectivity index (χ1) is 10.7. The van der Waals surface area contributed by atoms with Crippen molar-refractivity contribution in [1.29, 1.82) is 0 Å². The predicted molar refractivity (Wildman–Crippen MR) is 105 cm³/mol. The Morgan fingerprint density at radius 2 is 1.61 bits per heavy atom. The molecular weight excluding hydrogens is 298 g/mol. The summed E-state index contributed by atoms with van der Waals surface area (Å²) < 4.78 is 0. The molecule has 2 rings (SSSR count).